The van der Waals surface area contributed by atoms with Crippen molar-refractivity contribution in [3.8, 4) is 11.3 Å². The first-order valence-electron chi connectivity index (χ1n) is 12.6. The smallest absolute Gasteiger partial charge is 0.247 e. The summed E-state index contributed by atoms with van der Waals surface area (Å²) >= 11 is 0. The van der Waals surface area contributed by atoms with Crippen LogP contribution in [0.1, 0.15) is 5.56 Å². The van der Waals surface area contributed by atoms with Crippen LogP contribution in [-0.2, 0) is 4.74 Å². The third-order valence-corrected chi connectivity index (χ3v) is 7.08. The summed E-state index contributed by atoms with van der Waals surface area (Å²) in [5.74, 6) is 0.556. The molecule has 186 valence electrons. The molecule has 36 heavy (non-hydrogen) atoms. The van der Waals surface area contributed by atoms with Crippen molar-refractivity contribution >= 4 is 28.7 Å². The fourth-order valence-corrected chi connectivity index (χ4v) is 4.99. The van der Waals surface area contributed by atoms with Gasteiger partial charge in [0.15, 0.2) is 5.65 Å². The van der Waals surface area contributed by atoms with Gasteiger partial charge >= 0.3 is 0 Å². The van der Waals surface area contributed by atoms with E-state index in [0.717, 1.165) is 69.4 Å². The summed E-state index contributed by atoms with van der Waals surface area (Å²) in [6.07, 6.45) is 3.58. The lowest BCUT2D eigenvalue weighted by molar-refractivity contribution is 0.122. The minimum atomic E-state index is 0.556. The van der Waals surface area contributed by atoms with Crippen molar-refractivity contribution in [3.63, 3.8) is 0 Å². The lowest BCUT2D eigenvalue weighted by Crippen LogP contribution is -2.44. The Kier molecular flexibility index (Phi) is 6.16. The molecule has 2 aromatic heterocycles. The average molecular weight is 485 g/mol. The Balaban J connectivity index is 1.21. The van der Waals surface area contributed by atoms with E-state index in [9.17, 15) is 0 Å². The number of piperazine rings is 1. The Morgan fingerprint density at radius 3 is 2.39 bits per heavy atom. The summed E-state index contributed by atoms with van der Waals surface area (Å²) < 4.78 is 7.32. The van der Waals surface area contributed by atoms with Gasteiger partial charge in [0.25, 0.3) is 0 Å². The number of anilines is 4. The van der Waals surface area contributed by atoms with E-state index in [1.165, 1.54) is 16.9 Å². The summed E-state index contributed by atoms with van der Waals surface area (Å²) in [4.78, 5) is 16.3. The van der Waals surface area contributed by atoms with Crippen molar-refractivity contribution in [2.45, 2.75) is 6.92 Å². The molecule has 0 saturated carbocycles. The molecule has 9 nitrogen and oxygen atoms in total. The predicted octanol–water partition coefficient (Wildman–Crippen LogP) is 3.43. The van der Waals surface area contributed by atoms with Crippen LogP contribution in [0.15, 0.2) is 54.9 Å². The van der Waals surface area contributed by atoms with Crippen LogP contribution in [0.5, 0.6) is 0 Å². The molecule has 0 aliphatic carbocycles. The lowest BCUT2D eigenvalue weighted by atomic mass is 10.1. The van der Waals surface area contributed by atoms with Gasteiger partial charge in [0.05, 0.1) is 31.3 Å². The van der Waals surface area contributed by atoms with Crippen LogP contribution in [0, 0.1) is 6.92 Å². The Bertz CT molecular complexity index is 1340. The maximum atomic E-state index is 5.47. The van der Waals surface area contributed by atoms with Gasteiger partial charge in [-0.15, -0.1) is 5.10 Å². The first-order valence-corrected chi connectivity index (χ1v) is 12.6. The van der Waals surface area contributed by atoms with Gasteiger partial charge in [-0.25, -0.2) is 4.52 Å². The van der Waals surface area contributed by atoms with Crippen molar-refractivity contribution in [1.82, 2.24) is 24.5 Å². The summed E-state index contributed by atoms with van der Waals surface area (Å²) in [5.41, 5.74) is 7.39. The van der Waals surface area contributed by atoms with E-state index < -0.39 is 0 Å². The van der Waals surface area contributed by atoms with E-state index in [0.29, 0.717) is 11.6 Å². The van der Waals surface area contributed by atoms with Gasteiger partial charge < -0.3 is 24.8 Å². The number of aromatic nitrogens is 4. The van der Waals surface area contributed by atoms with Gasteiger partial charge in [0.2, 0.25) is 5.95 Å². The quantitative estimate of drug-likeness (QED) is 0.462. The molecule has 0 bridgehead atoms. The minimum absolute atomic E-state index is 0.556. The van der Waals surface area contributed by atoms with Crippen LogP contribution < -0.4 is 15.1 Å². The largest absolute Gasteiger partial charge is 0.378 e. The van der Waals surface area contributed by atoms with Gasteiger partial charge in [-0.05, 0) is 49.9 Å². The number of fused-ring (bicyclic) bond motifs is 1. The van der Waals surface area contributed by atoms with Crippen molar-refractivity contribution in [2.24, 2.45) is 0 Å². The number of likely N-dealkylation sites (N-methyl/N-ethyl adjacent to an activating group) is 1. The van der Waals surface area contributed by atoms with Crippen molar-refractivity contribution in [1.29, 1.82) is 0 Å². The number of benzene rings is 2. The maximum absolute atomic E-state index is 5.47. The predicted molar refractivity (Wildman–Crippen MR) is 143 cm³/mol. The van der Waals surface area contributed by atoms with Crippen molar-refractivity contribution in [2.75, 3.05) is 74.6 Å². The Hall–Kier alpha value is -3.69. The second-order valence-electron chi connectivity index (χ2n) is 9.56. The number of nitrogens with one attached hydrogen (secondary N) is 1. The molecule has 4 heterocycles. The van der Waals surface area contributed by atoms with Gasteiger partial charge in [-0.3, -0.25) is 4.98 Å². The highest BCUT2D eigenvalue weighted by atomic mass is 16.5. The second kappa shape index (κ2) is 9.75. The molecule has 2 aliphatic rings. The van der Waals surface area contributed by atoms with Crippen molar-refractivity contribution < 1.29 is 4.74 Å². The molecule has 6 rings (SSSR count). The summed E-state index contributed by atoms with van der Waals surface area (Å²) in [7, 11) is 2.18. The molecular weight excluding hydrogens is 452 g/mol. The maximum Gasteiger partial charge on any atom is 0.247 e. The van der Waals surface area contributed by atoms with E-state index >= 15 is 0 Å². The normalized spacial score (nSPS) is 17.1. The van der Waals surface area contributed by atoms with E-state index in [1.807, 2.05) is 10.7 Å². The number of morpholine rings is 1. The van der Waals surface area contributed by atoms with E-state index in [2.05, 4.69) is 86.4 Å². The van der Waals surface area contributed by atoms with E-state index in [1.54, 1.807) is 6.20 Å². The highest BCUT2D eigenvalue weighted by molar-refractivity contribution is 5.67. The average Bonchev–Trinajstić information content (AvgIpc) is 3.33. The van der Waals surface area contributed by atoms with Gasteiger partial charge in [0.1, 0.15) is 0 Å². The summed E-state index contributed by atoms with van der Waals surface area (Å²) in [6, 6.07) is 15.0. The molecule has 0 unspecified atom stereocenters. The van der Waals surface area contributed by atoms with Crippen LogP contribution in [0.3, 0.4) is 0 Å². The fourth-order valence-electron chi connectivity index (χ4n) is 4.99. The Morgan fingerprint density at radius 1 is 0.861 bits per heavy atom. The van der Waals surface area contributed by atoms with Crippen LogP contribution in [-0.4, -0.2) is 84.0 Å². The monoisotopic (exact) mass is 484 g/mol. The van der Waals surface area contributed by atoms with Crippen LogP contribution >= 0.6 is 0 Å². The number of ether oxygens (including phenoxy) is 1. The molecule has 1 N–H and O–H groups in total. The van der Waals surface area contributed by atoms with Crippen molar-refractivity contribution in [3.05, 3.63) is 60.4 Å². The Labute approximate surface area is 211 Å². The van der Waals surface area contributed by atoms with E-state index in [-0.39, 0.29) is 0 Å². The van der Waals surface area contributed by atoms with Gasteiger partial charge in [-0.1, -0.05) is 12.1 Å². The summed E-state index contributed by atoms with van der Waals surface area (Å²) in [5, 5.41) is 8.14. The highest BCUT2D eigenvalue weighted by Gasteiger charge is 2.17. The number of hydrogen-bond donors (Lipinski definition) is 1. The third-order valence-electron chi connectivity index (χ3n) is 7.08. The third kappa shape index (κ3) is 4.59. The zero-order chi connectivity index (χ0) is 24.5. The number of nitrogens with zero attached hydrogens (tertiary/aromatic N) is 7. The lowest BCUT2D eigenvalue weighted by Gasteiger charge is -2.35. The zero-order valence-electron chi connectivity index (χ0n) is 20.9. The fraction of sp³-hybridized carbons (Fsp3) is 0.370. The van der Waals surface area contributed by atoms with E-state index in [4.69, 9.17) is 9.84 Å². The first kappa shape index (κ1) is 22.8. The molecule has 0 spiro atoms. The Morgan fingerprint density at radius 2 is 1.64 bits per heavy atom. The molecule has 9 heteroatoms. The number of rotatable bonds is 5. The second-order valence-corrected chi connectivity index (χ2v) is 9.56. The molecule has 0 amide bonds. The minimum Gasteiger partial charge on any atom is -0.378 e. The van der Waals surface area contributed by atoms with Gasteiger partial charge in [0, 0.05) is 61.9 Å². The van der Waals surface area contributed by atoms with Gasteiger partial charge in [-0.2, -0.15) is 4.98 Å². The number of aryl methyl sites for hydroxylation is 1. The zero-order valence-corrected chi connectivity index (χ0v) is 20.9. The molecular formula is C27H32N8O. The number of hydrogen-bond acceptors (Lipinski definition) is 8. The molecule has 2 fully saturated rings. The molecule has 2 aliphatic heterocycles. The highest BCUT2D eigenvalue weighted by Crippen LogP contribution is 2.27. The van der Waals surface area contributed by atoms with Crippen LogP contribution in [0.2, 0.25) is 0 Å². The first-order chi connectivity index (χ1) is 17.6. The molecule has 2 aromatic carbocycles. The standard InChI is InChI=1S/C27H32N8O/c1-20-17-22(5-8-24(20)34-11-9-32(2)10-12-34)29-27-30-26-19-28-18-25(35(26)31-27)21-3-6-23(7-4-21)33-13-15-36-16-14-33/h3-8,17-19H,9-16H2,1-2H3,(H,29,31). The summed E-state index contributed by atoms with van der Waals surface area (Å²) in [6.45, 7) is 9.86. The molecule has 0 radical (unpaired) electrons. The molecule has 2 saturated heterocycles. The SMILES string of the molecule is Cc1cc(Nc2nc3cncc(-c4ccc(N5CCOCC5)cc4)n3n2)ccc1N1CCN(C)CC1. The molecule has 4 aromatic rings. The topological polar surface area (TPSA) is 74.1 Å². The van der Waals surface area contributed by atoms with Crippen LogP contribution in [0.4, 0.5) is 23.0 Å². The van der Waals surface area contributed by atoms with Crippen LogP contribution in [0.25, 0.3) is 16.9 Å². The molecule has 0 atom stereocenters.